The Bertz CT molecular complexity index is 380. The number of nitrogens with two attached hydrogens (primary N) is 1. The number of fused-ring (bicyclic) bond motifs is 1. The van der Waals surface area contributed by atoms with E-state index >= 15 is 0 Å². The Labute approximate surface area is 117 Å². The molecule has 1 unspecified atom stereocenters. The largest absolute Gasteiger partial charge is 0.485 e. The lowest BCUT2D eigenvalue weighted by Crippen LogP contribution is -2.33. The predicted octanol–water partition coefficient (Wildman–Crippen LogP) is 1.85. The topological polar surface area (TPSA) is 70.8 Å². The molecule has 0 radical (unpaired) electrons. The number of ether oxygens (including phenoxy) is 3. The van der Waals surface area contributed by atoms with E-state index in [1.165, 1.54) is 7.05 Å². The lowest BCUT2D eigenvalue weighted by molar-refractivity contribution is -0.124. The van der Waals surface area contributed by atoms with Crippen LogP contribution in [-0.4, -0.2) is 38.8 Å². The Morgan fingerprint density at radius 2 is 2.21 bits per heavy atom. The highest BCUT2D eigenvalue weighted by atomic mass is 32.1. The molecule has 2 heterocycles. The van der Waals surface area contributed by atoms with Crippen LogP contribution in [0, 0.1) is 0 Å². The van der Waals surface area contributed by atoms with Crippen molar-refractivity contribution in [1.82, 2.24) is 0 Å². The van der Waals surface area contributed by atoms with Crippen LogP contribution in [0.3, 0.4) is 0 Å². The highest BCUT2D eigenvalue weighted by Gasteiger charge is 2.21. The quantitative estimate of drug-likeness (QED) is 0.864. The minimum Gasteiger partial charge on any atom is -0.485 e. The normalized spacial score (nSPS) is 16.5. The fraction of sp³-hybridized carbons (Fsp3) is 0.615. The zero-order valence-corrected chi connectivity index (χ0v) is 12.2. The number of carbonyl (C=O) groups excluding carboxylic acids is 1. The molecule has 0 saturated heterocycles. The molecule has 6 heteroatoms. The van der Waals surface area contributed by atoms with Crippen LogP contribution in [0.25, 0.3) is 0 Å². The molecule has 0 aliphatic carbocycles. The fourth-order valence-corrected chi connectivity index (χ4v) is 2.27. The molecular weight excluding hydrogens is 266 g/mol. The molecule has 0 saturated carbocycles. The standard InChI is InChI=1S/C12H16O4S.CH5N/c1-2-3-9(13)4-14-5-10-6-15-11-7-17-8-12(11)16-10;1-2/h7-8,10H,2-6H2,1H3;2H2,1H3. The van der Waals surface area contributed by atoms with Crippen LogP contribution in [0.5, 0.6) is 11.5 Å². The number of Topliss-reactive ketones (excluding diaryl/α,β-unsaturated/α-hetero) is 1. The van der Waals surface area contributed by atoms with Crippen LogP contribution >= 0.6 is 11.3 Å². The third kappa shape index (κ3) is 5.18. The van der Waals surface area contributed by atoms with Crippen molar-refractivity contribution >= 4 is 17.1 Å². The number of carbonyl (C=O) groups is 1. The van der Waals surface area contributed by atoms with Gasteiger partial charge in [-0.1, -0.05) is 6.92 Å². The number of hydrogen-bond acceptors (Lipinski definition) is 6. The highest BCUT2D eigenvalue weighted by Crippen LogP contribution is 2.35. The first-order valence-corrected chi connectivity index (χ1v) is 7.26. The molecule has 19 heavy (non-hydrogen) atoms. The van der Waals surface area contributed by atoms with Crippen molar-refractivity contribution in [3.8, 4) is 11.5 Å². The lowest BCUT2D eigenvalue weighted by Gasteiger charge is -2.24. The molecule has 108 valence electrons. The Balaban J connectivity index is 0.000000861. The molecule has 0 aromatic carbocycles. The van der Waals surface area contributed by atoms with E-state index in [1.54, 1.807) is 11.3 Å². The minimum atomic E-state index is -0.119. The van der Waals surface area contributed by atoms with Gasteiger partial charge in [0, 0.05) is 17.2 Å². The molecule has 2 N–H and O–H groups in total. The van der Waals surface area contributed by atoms with E-state index in [9.17, 15) is 4.79 Å². The minimum absolute atomic E-state index is 0.119. The third-order valence-corrected chi connectivity index (χ3v) is 3.11. The van der Waals surface area contributed by atoms with E-state index in [4.69, 9.17) is 14.2 Å². The average molecular weight is 287 g/mol. The van der Waals surface area contributed by atoms with Crippen molar-refractivity contribution in [1.29, 1.82) is 0 Å². The van der Waals surface area contributed by atoms with Gasteiger partial charge >= 0.3 is 0 Å². The van der Waals surface area contributed by atoms with Gasteiger partial charge < -0.3 is 19.9 Å². The average Bonchev–Trinajstić information content (AvgIpc) is 2.89. The summed E-state index contributed by atoms with van der Waals surface area (Å²) in [6, 6.07) is 0. The zero-order valence-electron chi connectivity index (χ0n) is 11.4. The molecule has 1 atom stereocenters. The predicted molar refractivity (Wildman–Crippen MR) is 75.1 cm³/mol. The van der Waals surface area contributed by atoms with Gasteiger partial charge in [0.1, 0.15) is 13.2 Å². The Kier molecular flexibility index (Phi) is 7.47. The molecule has 5 nitrogen and oxygen atoms in total. The van der Waals surface area contributed by atoms with Crippen LogP contribution in [0.2, 0.25) is 0 Å². The van der Waals surface area contributed by atoms with E-state index in [0.717, 1.165) is 17.9 Å². The van der Waals surface area contributed by atoms with E-state index < -0.39 is 0 Å². The first kappa shape index (κ1) is 15.9. The van der Waals surface area contributed by atoms with Crippen molar-refractivity contribution in [2.24, 2.45) is 5.73 Å². The van der Waals surface area contributed by atoms with Gasteiger partial charge in [-0.25, -0.2) is 0 Å². The highest BCUT2D eigenvalue weighted by molar-refractivity contribution is 7.08. The summed E-state index contributed by atoms with van der Waals surface area (Å²) in [5, 5.41) is 3.82. The molecule has 0 fully saturated rings. The van der Waals surface area contributed by atoms with E-state index in [0.29, 0.717) is 19.6 Å². The van der Waals surface area contributed by atoms with E-state index in [2.05, 4.69) is 5.73 Å². The number of rotatable bonds is 6. The summed E-state index contributed by atoms with van der Waals surface area (Å²) in [6.07, 6.45) is 1.33. The summed E-state index contributed by atoms with van der Waals surface area (Å²) in [4.78, 5) is 11.2. The van der Waals surface area contributed by atoms with E-state index in [-0.39, 0.29) is 18.5 Å². The van der Waals surface area contributed by atoms with Crippen molar-refractivity contribution in [3.63, 3.8) is 0 Å². The van der Waals surface area contributed by atoms with Gasteiger partial charge in [-0.15, -0.1) is 11.3 Å². The van der Waals surface area contributed by atoms with Gasteiger partial charge in [-0.2, -0.15) is 0 Å². The summed E-state index contributed by atoms with van der Waals surface area (Å²) in [7, 11) is 1.50. The Morgan fingerprint density at radius 3 is 2.95 bits per heavy atom. The van der Waals surface area contributed by atoms with Crippen LogP contribution in [0.15, 0.2) is 10.8 Å². The van der Waals surface area contributed by atoms with Crippen LogP contribution in [0.4, 0.5) is 0 Å². The van der Waals surface area contributed by atoms with Gasteiger partial charge in [0.25, 0.3) is 0 Å². The third-order valence-electron chi connectivity index (χ3n) is 2.41. The first-order chi connectivity index (χ1) is 9.29. The number of ketones is 1. The second-order valence-corrected chi connectivity index (χ2v) is 4.70. The maximum absolute atomic E-state index is 11.2. The van der Waals surface area contributed by atoms with Gasteiger partial charge in [0.05, 0.1) is 6.61 Å². The van der Waals surface area contributed by atoms with Crippen LogP contribution < -0.4 is 15.2 Å². The Hall–Kier alpha value is -1.11. The van der Waals surface area contributed by atoms with Gasteiger partial charge in [0.2, 0.25) is 0 Å². The van der Waals surface area contributed by atoms with Gasteiger partial charge in [-0.05, 0) is 13.5 Å². The molecule has 0 amide bonds. The molecule has 0 bridgehead atoms. The summed E-state index contributed by atoms with van der Waals surface area (Å²) >= 11 is 1.55. The second kappa shape index (κ2) is 8.90. The summed E-state index contributed by atoms with van der Waals surface area (Å²) in [6.45, 7) is 3.02. The molecule has 1 aliphatic heterocycles. The van der Waals surface area contributed by atoms with E-state index in [1.807, 2.05) is 17.7 Å². The summed E-state index contributed by atoms with van der Waals surface area (Å²) in [5.74, 6) is 1.71. The first-order valence-electron chi connectivity index (χ1n) is 6.32. The van der Waals surface area contributed by atoms with Gasteiger partial charge in [0.15, 0.2) is 23.4 Å². The van der Waals surface area contributed by atoms with Crippen molar-refractivity contribution in [2.75, 3.05) is 26.9 Å². The van der Waals surface area contributed by atoms with Crippen molar-refractivity contribution in [2.45, 2.75) is 25.9 Å². The van der Waals surface area contributed by atoms with Crippen LogP contribution in [0.1, 0.15) is 19.8 Å². The van der Waals surface area contributed by atoms with Gasteiger partial charge in [-0.3, -0.25) is 4.79 Å². The Morgan fingerprint density at radius 1 is 1.47 bits per heavy atom. The smallest absolute Gasteiger partial charge is 0.172 e. The summed E-state index contributed by atoms with van der Waals surface area (Å²) < 4.78 is 16.5. The monoisotopic (exact) mass is 287 g/mol. The molecule has 1 aliphatic rings. The number of thiophene rings is 1. The van der Waals surface area contributed by atoms with Crippen molar-refractivity contribution < 1.29 is 19.0 Å². The lowest BCUT2D eigenvalue weighted by atomic mass is 10.2. The molecule has 1 aromatic rings. The maximum Gasteiger partial charge on any atom is 0.172 e. The van der Waals surface area contributed by atoms with Crippen LogP contribution in [-0.2, 0) is 9.53 Å². The molecular formula is C13H21NO4S. The molecule has 2 rings (SSSR count). The fourth-order valence-electron chi connectivity index (χ4n) is 1.60. The second-order valence-electron chi connectivity index (χ2n) is 3.95. The van der Waals surface area contributed by atoms with Crippen molar-refractivity contribution in [3.05, 3.63) is 10.8 Å². The molecule has 1 aromatic heterocycles. The number of hydrogen-bond donors (Lipinski definition) is 1. The maximum atomic E-state index is 11.2. The summed E-state index contributed by atoms with van der Waals surface area (Å²) in [5.41, 5.74) is 4.50. The SMILES string of the molecule is CCCC(=O)COCC1COc2cscc2O1.CN. The zero-order chi connectivity index (χ0) is 14.1. The molecule has 0 spiro atoms.